The van der Waals surface area contributed by atoms with Crippen LogP contribution in [-0.2, 0) is 11.8 Å². The molecule has 0 unspecified atom stereocenters. The summed E-state index contributed by atoms with van der Waals surface area (Å²) in [4.78, 5) is 13.4. The highest BCUT2D eigenvalue weighted by atomic mass is 32.1. The molecule has 2 aromatic heterocycles. The standard InChI is InChI=1S/C15H19N3O2S/c1-18-13(9-12(17-18)14-3-2-8-21-14)15(19)16-10-11-4-6-20-7-5-11/h2-3,8-9,11H,4-7,10H2,1H3,(H,16,19). The highest BCUT2D eigenvalue weighted by molar-refractivity contribution is 7.13. The van der Waals surface area contributed by atoms with Crippen molar-refractivity contribution in [3.05, 3.63) is 29.3 Å². The Hall–Kier alpha value is -1.66. The van der Waals surface area contributed by atoms with Crippen LogP contribution in [0.25, 0.3) is 10.6 Å². The van der Waals surface area contributed by atoms with E-state index in [0.717, 1.165) is 36.6 Å². The topological polar surface area (TPSA) is 56.2 Å². The Bertz CT molecular complexity index is 600. The van der Waals surface area contributed by atoms with Crippen molar-refractivity contribution < 1.29 is 9.53 Å². The first kappa shape index (κ1) is 14.3. The molecule has 0 radical (unpaired) electrons. The van der Waals surface area contributed by atoms with Gasteiger partial charge in [0.2, 0.25) is 0 Å². The second-order valence-electron chi connectivity index (χ2n) is 5.28. The molecular formula is C15H19N3O2S. The molecule has 1 saturated heterocycles. The summed E-state index contributed by atoms with van der Waals surface area (Å²) in [5.41, 5.74) is 1.45. The Labute approximate surface area is 127 Å². The average molecular weight is 305 g/mol. The number of carbonyl (C=O) groups is 1. The Balaban J connectivity index is 1.64. The van der Waals surface area contributed by atoms with E-state index in [1.807, 2.05) is 23.6 Å². The van der Waals surface area contributed by atoms with Gasteiger partial charge in [-0.3, -0.25) is 9.48 Å². The molecule has 0 bridgehead atoms. The van der Waals surface area contributed by atoms with Crippen molar-refractivity contribution in [3.8, 4) is 10.6 Å². The van der Waals surface area contributed by atoms with Crippen molar-refractivity contribution in [2.45, 2.75) is 12.8 Å². The fourth-order valence-electron chi connectivity index (χ4n) is 2.50. The van der Waals surface area contributed by atoms with Crippen molar-refractivity contribution in [3.63, 3.8) is 0 Å². The molecule has 0 saturated carbocycles. The van der Waals surface area contributed by atoms with Gasteiger partial charge in [0.25, 0.3) is 5.91 Å². The van der Waals surface area contributed by atoms with E-state index in [0.29, 0.717) is 18.2 Å². The lowest BCUT2D eigenvalue weighted by Gasteiger charge is -2.22. The third kappa shape index (κ3) is 3.33. The van der Waals surface area contributed by atoms with Gasteiger partial charge in [-0.05, 0) is 36.3 Å². The van der Waals surface area contributed by atoms with Gasteiger partial charge < -0.3 is 10.1 Å². The first-order valence-corrected chi connectivity index (χ1v) is 8.06. The zero-order chi connectivity index (χ0) is 14.7. The predicted molar refractivity (Wildman–Crippen MR) is 82.4 cm³/mol. The molecule has 0 spiro atoms. The van der Waals surface area contributed by atoms with E-state index in [2.05, 4.69) is 10.4 Å². The van der Waals surface area contributed by atoms with Crippen LogP contribution in [0, 0.1) is 5.92 Å². The quantitative estimate of drug-likeness (QED) is 0.943. The molecule has 1 amide bonds. The molecule has 1 aliphatic heterocycles. The predicted octanol–water partition coefficient (Wildman–Crippen LogP) is 2.31. The smallest absolute Gasteiger partial charge is 0.269 e. The Morgan fingerprint density at radius 1 is 1.52 bits per heavy atom. The van der Waals surface area contributed by atoms with Gasteiger partial charge in [-0.25, -0.2) is 0 Å². The number of ether oxygens (including phenoxy) is 1. The summed E-state index contributed by atoms with van der Waals surface area (Å²) in [7, 11) is 1.81. The lowest BCUT2D eigenvalue weighted by Crippen LogP contribution is -2.33. The number of hydrogen-bond donors (Lipinski definition) is 1. The maximum Gasteiger partial charge on any atom is 0.269 e. The minimum atomic E-state index is -0.0562. The van der Waals surface area contributed by atoms with Crippen LogP contribution in [-0.4, -0.2) is 35.4 Å². The van der Waals surface area contributed by atoms with Crippen LogP contribution >= 0.6 is 11.3 Å². The Kier molecular flexibility index (Phi) is 4.36. The average Bonchev–Trinajstić information content (AvgIpc) is 3.15. The third-order valence-corrected chi connectivity index (χ3v) is 4.67. The van der Waals surface area contributed by atoms with Crippen molar-refractivity contribution in [2.24, 2.45) is 13.0 Å². The van der Waals surface area contributed by atoms with Gasteiger partial charge in [-0.15, -0.1) is 11.3 Å². The highest BCUT2D eigenvalue weighted by Crippen LogP contribution is 2.23. The molecular weight excluding hydrogens is 286 g/mol. The molecule has 0 aliphatic carbocycles. The molecule has 2 aromatic rings. The molecule has 1 aliphatic rings. The van der Waals surface area contributed by atoms with E-state index in [-0.39, 0.29) is 5.91 Å². The fourth-order valence-corrected chi connectivity index (χ4v) is 3.18. The molecule has 0 aromatic carbocycles. The third-order valence-electron chi connectivity index (χ3n) is 3.78. The summed E-state index contributed by atoms with van der Waals surface area (Å²) in [5, 5.41) is 9.44. The van der Waals surface area contributed by atoms with E-state index in [9.17, 15) is 4.79 Å². The van der Waals surface area contributed by atoms with Gasteiger partial charge >= 0.3 is 0 Å². The van der Waals surface area contributed by atoms with E-state index in [4.69, 9.17) is 4.74 Å². The Morgan fingerprint density at radius 3 is 3.05 bits per heavy atom. The monoisotopic (exact) mass is 305 g/mol. The molecule has 6 heteroatoms. The summed E-state index contributed by atoms with van der Waals surface area (Å²) in [6, 6.07) is 5.85. The van der Waals surface area contributed by atoms with Crippen LogP contribution in [0.5, 0.6) is 0 Å². The van der Waals surface area contributed by atoms with E-state index in [1.54, 1.807) is 23.1 Å². The van der Waals surface area contributed by atoms with Crippen LogP contribution in [0.4, 0.5) is 0 Å². The van der Waals surface area contributed by atoms with Crippen LogP contribution in [0.15, 0.2) is 23.6 Å². The summed E-state index contributed by atoms with van der Waals surface area (Å²) in [6.45, 7) is 2.31. The fraction of sp³-hybridized carbons (Fsp3) is 0.467. The molecule has 3 heterocycles. The van der Waals surface area contributed by atoms with Crippen LogP contribution in [0.2, 0.25) is 0 Å². The SMILES string of the molecule is Cn1nc(-c2cccs2)cc1C(=O)NCC1CCOCC1. The summed E-state index contributed by atoms with van der Waals surface area (Å²) >= 11 is 1.62. The minimum absolute atomic E-state index is 0.0562. The van der Waals surface area contributed by atoms with Gasteiger partial charge in [-0.1, -0.05) is 6.07 Å². The highest BCUT2D eigenvalue weighted by Gasteiger charge is 2.18. The summed E-state index contributed by atoms with van der Waals surface area (Å²) in [5.74, 6) is 0.465. The zero-order valence-corrected chi connectivity index (χ0v) is 12.9. The van der Waals surface area contributed by atoms with Gasteiger partial charge in [-0.2, -0.15) is 5.10 Å². The normalized spacial score (nSPS) is 16.0. The largest absolute Gasteiger partial charge is 0.381 e. The number of rotatable bonds is 4. The molecule has 3 rings (SSSR count). The Morgan fingerprint density at radius 2 is 2.33 bits per heavy atom. The van der Waals surface area contributed by atoms with E-state index < -0.39 is 0 Å². The second kappa shape index (κ2) is 6.41. The van der Waals surface area contributed by atoms with Crippen molar-refractivity contribution in [2.75, 3.05) is 19.8 Å². The van der Waals surface area contributed by atoms with Gasteiger partial charge in [0, 0.05) is 26.8 Å². The van der Waals surface area contributed by atoms with Gasteiger partial charge in [0.15, 0.2) is 0 Å². The zero-order valence-electron chi connectivity index (χ0n) is 12.0. The van der Waals surface area contributed by atoms with E-state index >= 15 is 0 Å². The molecule has 21 heavy (non-hydrogen) atoms. The molecule has 112 valence electrons. The number of carbonyl (C=O) groups excluding carboxylic acids is 1. The van der Waals surface area contributed by atoms with Crippen molar-refractivity contribution >= 4 is 17.2 Å². The lowest BCUT2D eigenvalue weighted by molar-refractivity contribution is 0.0641. The maximum atomic E-state index is 12.3. The summed E-state index contributed by atoms with van der Waals surface area (Å²) in [6.07, 6.45) is 2.04. The molecule has 5 nitrogen and oxygen atoms in total. The molecule has 1 fully saturated rings. The van der Waals surface area contributed by atoms with E-state index in [1.165, 1.54) is 0 Å². The lowest BCUT2D eigenvalue weighted by atomic mass is 10.0. The van der Waals surface area contributed by atoms with Gasteiger partial charge in [0.1, 0.15) is 11.4 Å². The molecule has 0 atom stereocenters. The second-order valence-corrected chi connectivity index (χ2v) is 6.23. The first-order valence-electron chi connectivity index (χ1n) is 7.18. The number of aryl methyl sites for hydroxylation is 1. The van der Waals surface area contributed by atoms with Gasteiger partial charge in [0.05, 0.1) is 4.88 Å². The minimum Gasteiger partial charge on any atom is -0.381 e. The van der Waals surface area contributed by atoms with Crippen molar-refractivity contribution in [1.29, 1.82) is 0 Å². The number of thiophene rings is 1. The summed E-state index contributed by atoms with van der Waals surface area (Å²) < 4.78 is 6.98. The first-order chi connectivity index (χ1) is 10.2. The number of nitrogens with zero attached hydrogens (tertiary/aromatic N) is 2. The van der Waals surface area contributed by atoms with Crippen LogP contribution < -0.4 is 5.32 Å². The number of aromatic nitrogens is 2. The van der Waals surface area contributed by atoms with Crippen LogP contribution in [0.3, 0.4) is 0 Å². The number of nitrogens with one attached hydrogen (secondary N) is 1. The number of amides is 1. The number of hydrogen-bond acceptors (Lipinski definition) is 4. The molecule has 1 N–H and O–H groups in total. The maximum absolute atomic E-state index is 12.3. The van der Waals surface area contributed by atoms with Crippen molar-refractivity contribution in [1.82, 2.24) is 15.1 Å². The van der Waals surface area contributed by atoms with Crippen LogP contribution in [0.1, 0.15) is 23.3 Å².